The molecule has 0 unspecified atom stereocenters. The Kier molecular flexibility index (Phi) is 10.5. The van der Waals surface area contributed by atoms with Gasteiger partial charge < -0.3 is 15.0 Å². The maximum absolute atomic E-state index is 12.3. The van der Waals surface area contributed by atoms with Crippen LogP contribution in [-0.4, -0.2) is 47.7 Å². The molecule has 140 valence electrons. The Bertz CT molecular complexity index is 594. The summed E-state index contributed by atoms with van der Waals surface area (Å²) in [7, 11) is 0. The van der Waals surface area contributed by atoms with E-state index < -0.39 is 23.8 Å². The first-order chi connectivity index (χ1) is 11.6. The lowest BCUT2D eigenvalue weighted by atomic mass is 10.1. The molecule has 0 N–H and O–H groups in total. The molecule has 0 aromatic heterocycles. The normalized spacial score (nSPS) is 12.4. The van der Waals surface area contributed by atoms with Crippen molar-refractivity contribution >= 4 is 29.3 Å². The summed E-state index contributed by atoms with van der Waals surface area (Å²) in [6.07, 6.45) is -0.511. The van der Waals surface area contributed by atoms with Crippen molar-refractivity contribution in [2.45, 2.75) is 32.9 Å². The number of nitrogens with zero attached hydrogens (tertiary/aromatic N) is 2. The van der Waals surface area contributed by atoms with Crippen LogP contribution in [-0.2, 0) is 19.1 Å². The van der Waals surface area contributed by atoms with E-state index in [1.807, 2.05) is 11.7 Å². The van der Waals surface area contributed by atoms with Crippen LogP contribution in [0.1, 0.15) is 26.7 Å². The monoisotopic (exact) mass is 382 g/mol. The van der Waals surface area contributed by atoms with Crippen LogP contribution in [0.2, 0.25) is 0 Å². The molecule has 0 fully saturated rings. The number of allylic oxidation sites excluding steroid dienone is 2. The third-order valence-electron chi connectivity index (χ3n) is 2.81. The van der Waals surface area contributed by atoms with Gasteiger partial charge in [-0.15, -0.1) is 11.6 Å². The Hall–Kier alpha value is -2.12. The molecule has 0 aromatic rings. The van der Waals surface area contributed by atoms with Gasteiger partial charge in [-0.2, -0.15) is 18.0 Å². The number of alkyl halides is 4. The molecule has 0 aliphatic carbocycles. The molecule has 0 heterocycles. The number of hydrogen-bond acceptors (Lipinski definition) is 4. The number of esters is 2. The van der Waals surface area contributed by atoms with E-state index in [0.717, 1.165) is 5.57 Å². The number of carbonyl (C=O) groups excluding carboxylic acids is 2. The van der Waals surface area contributed by atoms with E-state index in [-0.39, 0.29) is 19.1 Å². The molecule has 0 rings (SSSR count). The smallest absolute Gasteiger partial charge is 0.461 e. The van der Waals surface area contributed by atoms with E-state index >= 15 is 0 Å². The third kappa shape index (κ3) is 10.4. The van der Waals surface area contributed by atoms with Crippen LogP contribution in [0.5, 0.6) is 0 Å². The van der Waals surface area contributed by atoms with Crippen molar-refractivity contribution in [1.82, 2.24) is 0 Å². The number of ether oxygens (including phenoxy) is 2. The Morgan fingerprint density at radius 1 is 1.16 bits per heavy atom. The average Bonchev–Trinajstić information content (AvgIpc) is 2.52. The predicted molar refractivity (Wildman–Crippen MR) is 84.1 cm³/mol. The van der Waals surface area contributed by atoms with E-state index in [9.17, 15) is 22.8 Å². The lowest BCUT2D eigenvalue weighted by Gasteiger charge is -2.05. The molecule has 0 aromatic carbocycles. The first-order valence-electron chi connectivity index (χ1n) is 7.11. The van der Waals surface area contributed by atoms with E-state index in [1.165, 1.54) is 0 Å². The van der Waals surface area contributed by atoms with Crippen LogP contribution in [0, 0.1) is 0 Å². The zero-order chi connectivity index (χ0) is 19.5. The number of hydrogen-bond donors (Lipinski definition) is 0. The molecular weight excluding hydrogens is 365 g/mol. The fraction of sp³-hybridized carbons (Fsp3) is 0.533. The first kappa shape index (κ1) is 22.9. The molecule has 6 nitrogen and oxygen atoms in total. The van der Waals surface area contributed by atoms with Crippen LogP contribution >= 0.6 is 11.6 Å². The van der Waals surface area contributed by atoms with Crippen molar-refractivity contribution in [2.24, 2.45) is 0 Å². The van der Waals surface area contributed by atoms with E-state index in [2.05, 4.69) is 4.74 Å². The molecular formula is C15H18ClF3N2O4. The second-order valence-electron chi connectivity index (χ2n) is 4.98. The lowest BCUT2D eigenvalue weighted by molar-refractivity contribution is -0.153. The minimum absolute atomic E-state index is 0.110. The summed E-state index contributed by atoms with van der Waals surface area (Å²) in [5, 5.41) is 0. The highest BCUT2D eigenvalue weighted by Crippen LogP contribution is 2.17. The summed E-state index contributed by atoms with van der Waals surface area (Å²) in [4.78, 5) is 23.9. The van der Waals surface area contributed by atoms with Crippen molar-refractivity contribution < 1.29 is 37.0 Å². The number of halogens is 4. The van der Waals surface area contributed by atoms with Crippen molar-refractivity contribution in [3.05, 3.63) is 28.8 Å². The standard InChI is InChI=1S/C15H18ClF3N2O4/c1-10(6-7-24-12(22)8-16)4-3-5-11(2)9-25-14(23)13(21-20)15(17,18)19/h5-6H,3-4,7-9H2,1-2H3/b10-6+,11-5+. The number of rotatable bonds is 9. The fourth-order valence-electron chi connectivity index (χ4n) is 1.48. The van der Waals surface area contributed by atoms with Crippen LogP contribution in [0.4, 0.5) is 13.2 Å². The minimum Gasteiger partial charge on any atom is -0.461 e. The summed E-state index contributed by atoms with van der Waals surface area (Å²) in [5.41, 5.74) is 7.70. The van der Waals surface area contributed by atoms with Gasteiger partial charge in [0.15, 0.2) is 0 Å². The second kappa shape index (κ2) is 11.4. The molecule has 0 spiro atoms. The van der Waals surface area contributed by atoms with E-state index in [4.69, 9.17) is 21.9 Å². The van der Waals surface area contributed by atoms with Crippen LogP contribution < -0.4 is 0 Å². The van der Waals surface area contributed by atoms with Gasteiger partial charge in [0.25, 0.3) is 0 Å². The molecule has 0 atom stereocenters. The van der Waals surface area contributed by atoms with Gasteiger partial charge >= 0.3 is 23.8 Å². The highest BCUT2D eigenvalue weighted by atomic mass is 35.5. The lowest BCUT2D eigenvalue weighted by Crippen LogP contribution is -2.33. The molecule has 10 heteroatoms. The topological polar surface area (TPSA) is 89.0 Å². The van der Waals surface area contributed by atoms with Gasteiger partial charge in [0.05, 0.1) is 0 Å². The largest absolute Gasteiger partial charge is 0.503 e. The SMILES string of the molecule is C/C(=C\COC(=O)CCl)CC/C=C(\C)COC(=O)C(=[N+]=[N-])C(F)(F)F. The van der Waals surface area contributed by atoms with E-state index in [1.54, 1.807) is 19.1 Å². The van der Waals surface area contributed by atoms with E-state index in [0.29, 0.717) is 18.4 Å². The summed E-state index contributed by atoms with van der Waals surface area (Å²) in [5.74, 6) is -2.49. The molecule has 25 heavy (non-hydrogen) atoms. The zero-order valence-corrected chi connectivity index (χ0v) is 14.5. The Morgan fingerprint density at radius 3 is 2.32 bits per heavy atom. The van der Waals surface area contributed by atoms with Gasteiger partial charge in [0.2, 0.25) is 0 Å². The van der Waals surface area contributed by atoms with Gasteiger partial charge in [-0.05, 0) is 38.3 Å². The van der Waals surface area contributed by atoms with Gasteiger partial charge in [0.1, 0.15) is 19.1 Å². The van der Waals surface area contributed by atoms with Crippen molar-refractivity contribution in [1.29, 1.82) is 0 Å². The second-order valence-corrected chi connectivity index (χ2v) is 5.25. The van der Waals surface area contributed by atoms with Gasteiger partial charge in [-0.1, -0.05) is 11.6 Å². The molecule has 0 amide bonds. The molecule has 0 saturated heterocycles. The Balaban J connectivity index is 4.30. The molecule has 0 aliphatic heterocycles. The Morgan fingerprint density at radius 2 is 1.80 bits per heavy atom. The quantitative estimate of drug-likeness (QED) is 0.153. The highest BCUT2D eigenvalue weighted by molar-refractivity contribution is 6.36. The van der Waals surface area contributed by atoms with Crippen molar-refractivity contribution in [3.8, 4) is 0 Å². The minimum atomic E-state index is -5.09. The fourth-order valence-corrected chi connectivity index (χ4v) is 1.56. The third-order valence-corrected chi connectivity index (χ3v) is 3.03. The predicted octanol–water partition coefficient (Wildman–Crippen LogP) is 3.22. The number of carbonyl (C=O) groups is 2. The van der Waals surface area contributed by atoms with Crippen LogP contribution in [0.3, 0.4) is 0 Å². The molecule has 0 saturated carbocycles. The maximum Gasteiger partial charge on any atom is 0.503 e. The van der Waals surface area contributed by atoms with Crippen molar-refractivity contribution in [3.63, 3.8) is 0 Å². The molecule has 0 radical (unpaired) electrons. The van der Waals surface area contributed by atoms with Crippen LogP contribution in [0.25, 0.3) is 5.53 Å². The summed E-state index contributed by atoms with van der Waals surface area (Å²) < 4.78 is 46.1. The van der Waals surface area contributed by atoms with Gasteiger partial charge in [-0.3, -0.25) is 4.79 Å². The summed E-state index contributed by atoms with van der Waals surface area (Å²) >= 11 is 5.27. The first-order valence-corrected chi connectivity index (χ1v) is 7.64. The van der Waals surface area contributed by atoms with Crippen LogP contribution in [0.15, 0.2) is 23.3 Å². The summed E-state index contributed by atoms with van der Waals surface area (Å²) in [6.45, 7) is 3.16. The van der Waals surface area contributed by atoms with Crippen molar-refractivity contribution in [2.75, 3.05) is 19.1 Å². The Labute approximate surface area is 147 Å². The van der Waals surface area contributed by atoms with Gasteiger partial charge in [0, 0.05) is 0 Å². The average molecular weight is 383 g/mol. The summed E-state index contributed by atoms with van der Waals surface area (Å²) in [6, 6.07) is 0. The molecule has 0 bridgehead atoms. The highest BCUT2D eigenvalue weighted by Gasteiger charge is 2.51. The molecule has 0 aliphatic rings. The zero-order valence-electron chi connectivity index (χ0n) is 13.7. The van der Waals surface area contributed by atoms with Gasteiger partial charge in [-0.25, -0.2) is 4.79 Å². The maximum atomic E-state index is 12.3.